The average Bonchev–Trinajstić information content (AvgIpc) is 2.48. The van der Waals surface area contributed by atoms with Crippen molar-refractivity contribution in [2.45, 2.75) is 12.7 Å². The van der Waals surface area contributed by atoms with Crippen LogP contribution in [0.15, 0.2) is 30.5 Å². The second-order valence-electron chi connectivity index (χ2n) is 5.13. The maximum absolute atomic E-state index is 11.8. The van der Waals surface area contributed by atoms with E-state index < -0.39 is 9.84 Å². The van der Waals surface area contributed by atoms with Gasteiger partial charge in [-0.25, -0.2) is 18.4 Å². The molecule has 0 spiro atoms. The molecule has 7 heteroatoms. The van der Waals surface area contributed by atoms with Gasteiger partial charge in [-0.1, -0.05) is 19.1 Å². The molecule has 22 heavy (non-hydrogen) atoms. The molecule has 0 saturated heterocycles. The molecule has 1 N–H and O–H groups in total. The maximum atomic E-state index is 11.8. The van der Waals surface area contributed by atoms with Crippen LogP contribution < -0.4 is 4.90 Å². The van der Waals surface area contributed by atoms with Crippen LogP contribution in [0.25, 0.3) is 11.4 Å². The Balaban J connectivity index is 2.51. The van der Waals surface area contributed by atoms with E-state index in [-0.39, 0.29) is 17.3 Å². The van der Waals surface area contributed by atoms with Gasteiger partial charge in [0.05, 0.1) is 11.3 Å². The molecule has 6 nitrogen and oxygen atoms in total. The lowest BCUT2D eigenvalue weighted by Crippen LogP contribution is -2.17. The Morgan fingerprint density at radius 2 is 1.91 bits per heavy atom. The number of hydrogen-bond donors (Lipinski definition) is 1. The maximum Gasteiger partial charge on any atom is 0.165 e. The van der Waals surface area contributed by atoms with Crippen molar-refractivity contribution in [2.75, 3.05) is 24.7 Å². The summed E-state index contributed by atoms with van der Waals surface area (Å²) < 4.78 is 23.7. The highest BCUT2D eigenvalue weighted by Crippen LogP contribution is 2.28. The van der Waals surface area contributed by atoms with Crippen LogP contribution in [-0.4, -0.2) is 43.3 Å². The topological polar surface area (TPSA) is 83.4 Å². The second kappa shape index (κ2) is 6.31. The molecule has 0 fully saturated rings. The van der Waals surface area contributed by atoms with Gasteiger partial charge in [0.15, 0.2) is 15.7 Å². The van der Waals surface area contributed by atoms with Gasteiger partial charge in [0, 0.05) is 31.6 Å². The Morgan fingerprint density at radius 1 is 1.23 bits per heavy atom. The van der Waals surface area contributed by atoms with Crippen molar-refractivity contribution >= 4 is 15.7 Å². The van der Waals surface area contributed by atoms with E-state index in [2.05, 4.69) is 9.97 Å². The third-order valence-electron chi connectivity index (χ3n) is 3.23. The Morgan fingerprint density at radius 3 is 2.50 bits per heavy atom. The van der Waals surface area contributed by atoms with Crippen molar-refractivity contribution < 1.29 is 13.5 Å². The fourth-order valence-electron chi connectivity index (χ4n) is 2.02. The van der Waals surface area contributed by atoms with Gasteiger partial charge in [0.2, 0.25) is 0 Å². The largest absolute Gasteiger partial charge is 0.507 e. The molecule has 1 aromatic heterocycles. The van der Waals surface area contributed by atoms with E-state index in [1.807, 2.05) is 0 Å². The predicted octanol–water partition coefficient (Wildman–Crippen LogP) is 1.85. The number of benzene rings is 1. The minimum Gasteiger partial charge on any atom is -0.507 e. The van der Waals surface area contributed by atoms with E-state index in [1.165, 1.54) is 6.20 Å². The zero-order valence-corrected chi connectivity index (χ0v) is 13.6. The molecule has 0 aliphatic carbocycles. The fraction of sp³-hybridized carbons (Fsp3) is 0.333. The average molecular weight is 321 g/mol. The highest BCUT2D eigenvalue weighted by atomic mass is 32.2. The smallest absolute Gasteiger partial charge is 0.165 e. The first kappa shape index (κ1) is 16.2. The van der Waals surface area contributed by atoms with Crippen LogP contribution in [0.2, 0.25) is 0 Å². The van der Waals surface area contributed by atoms with Gasteiger partial charge in [0.1, 0.15) is 11.6 Å². The molecule has 1 aromatic carbocycles. The van der Waals surface area contributed by atoms with E-state index in [0.717, 1.165) is 0 Å². The van der Waals surface area contributed by atoms with Gasteiger partial charge in [-0.2, -0.15) is 0 Å². The summed E-state index contributed by atoms with van der Waals surface area (Å²) in [6.07, 6.45) is 1.51. The number of phenols is 1. The van der Waals surface area contributed by atoms with Crippen molar-refractivity contribution in [2.24, 2.45) is 0 Å². The molecule has 118 valence electrons. The Kier molecular flexibility index (Phi) is 4.65. The lowest BCUT2D eigenvalue weighted by Gasteiger charge is -2.17. The van der Waals surface area contributed by atoms with Gasteiger partial charge in [-0.05, 0) is 12.1 Å². The molecule has 1 heterocycles. The van der Waals surface area contributed by atoms with E-state index in [4.69, 9.17) is 0 Å². The number of hydrogen-bond acceptors (Lipinski definition) is 6. The molecule has 0 amide bonds. The second-order valence-corrected chi connectivity index (χ2v) is 7.48. The zero-order chi connectivity index (χ0) is 16.3. The highest BCUT2D eigenvalue weighted by Gasteiger charge is 2.17. The van der Waals surface area contributed by atoms with Crippen LogP contribution in [0.5, 0.6) is 5.75 Å². The summed E-state index contributed by atoms with van der Waals surface area (Å²) in [6.45, 7) is 1.61. The molecule has 0 aliphatic rings. The lowest BCUT2D eigenvalue weighted by molar-refractivity contribution is 0.477. The van der Waals surface area contributed by atoms with E-state index >= 15 is 0 Å². The van der Waals surface area contributed by atoms with Crippen molar-refractivity contribution in [1.82, 2.24) is 9.97 Å². The molecule has 0 aliphatic heterocycles. The first-order chi connectivity index (χ1) is 10.3. The molecule has 2 rings (SSSR count). The van der Waals surface area contributed by atoms with Crippen LogP contribution >= 0.6 is 0 Å². The summed E-state index contributed by atoms with van der Waals surface area (Å²) in [5, 5.41) is 9.90. The first-order valence-corrected chi connectivity index (χ1v) is 8.68. The Bertz CT molecular complexity index is 773. The number of nitrogens with zero attached hydrogens (tertiary/aromatic N) is 3. The molecule has 0 bridgehead atoms. The standard InChI is InChI=1S/C15H19N3O3S/c1-4-22(20,21)10-11-9-16-14(17-15(11)18(2)3)12-7-5-6-8-13(12)19/h5-9,19H,4,10H2,1-3H3. The number of aromatic nitrogens is 2. The minimum atomic E-state index is -3.17. The van der Waals surface area contributed by atoms with Crippen molar-refractivity contribution in [3.05, 3.63) is 36.0 Å². The summed E-state index contributed by atoms with van der Waals surface area (Å²) in [5.41, 5.74) is 1.06. The van der Waals surface area contributed by atoms with Crippen molar-refractivity contribution in [3.8, 4) is 17.1 Å². The van der Waals surface area contributed by atoms with Crippen LogP contribution in [0.4, 0.5) is 5.82 Å². The molecule has 0 atom stereocenters. The molecule has 0 radical (unpaired) electrons. The van der Waals surface area contributed by atoms with Crippen LogP contribution in [0.1, 0.15) is 12.5 Å². The zero-order valence-electron chi connectivity index (χ0n) is 12.8. The number of anilines is 1. The summed E-state index contributed by atoms with van der Waals surface area (Å²) in [7, 11) is 0.411. The third-order valence-corrected chi connectivity index (χ3v) is 4.86. The van der Waals surface area contributed by atoms with Gasteiger partial charge < -0.3 is 10.0 Å². The molecular formula is C15H19N3O3S. The summed E-state index contributed by atoms with van der Waals surface area (Å²) in [6, 6.07) is 6.77. The highest BCUT2D eigenvalue weighted by molar-refractivity contribution is 7.90. The molecule has 2 aromatic rings. The van der Waals surface area contributed by atoms with Crippen LogP contribution in [0, 0.1) is 0 Å². The van der Waals surface area contributed by atoms with E-state index in [1.54, 1.807) is 50.2 Å². The molecule has 0 unspecified atom stereocenters. The van der Waals surface area contributed by atoms with Crippen LogP contribution in [0.3, 0.4) is 0 Å². The molecular weight excluding hydrogens is 302 g/mol. The quantitative estimate of drug-likeness (QED) is 0.905. The number of phenolic OH excluding ortho intramolecular Hbond substituents is 1. The first-order valence-electron chi connectivity index (χ1n) is 6.86. The Labute approximate surface area is 130 Å². The van der Waals surface area contributed by atoms with E-state index in [9.17, 15) is 13.5 Å². The predicted molar refractivity (Wildman–Crippen MR) is 86.6 cm³/mol. The summed E-state index contributed by atoms with van der Waals surface area (Å²) in [4.78, 5) is 10.4. The lowest BCUT2D eigenvalue weighted by atomic mass is 10.2. The van der Waals surface area contributed by atoms with Crippen molar-refractivity contribution in [3.63, 3.8) is 0 Å². The third kappa shape index (κ3) is 3.54. The van der Waals surface area contributed by atoms with Crippen LogP contribution in [-0.2, 0) is 15.6 Å². The fourth-order valence-corrected chi connectivity index (χ4v) is 2.90. The van der Waals surface area contributed by atoms with Crippen molar-refractivity contribution in [1.29, 1.82) is 0 Å². The molecule has 0 saturated carbocycles. The number of para-hydroxylation sites is 1. The Hall–Kier alpha value is -2.15. The summed E-state index contributed by atoms with van der Waals surface area (Å²) >= 11 is 0. The van der Waals surface area contributed by atoms with Gasteiger partial charge in [0.25, 0.3) is 0 Å². The minimum absolute atomic E-state index is 0.0705. The number of aromatic hydroxyl groups is 1. The SMILES string of the molecule is CCS(=O)(=O)Cc1cnc(-c2ccccc2O)nc1N(C)C. The van der Waals surface area contributed by atoms with Gasteiger partial charge in [-0.3, -0.25) is 0 Å². The van der Waals surface area contributed by atoms with Gasteiger partial charge in [-0.15, -0.1) is 0 Å². The van der Waals surface area contributed by atoms with Gasteiger partial charge >= 0.3 is 0 Å². The number of sulfone groups is 1. The summed E-state index contributed by atoms with van der Waals surface area (Å²) in [5.74, 6) is 0.949. The number of rotatable bonds is 5. The normalized spacial score (nSPS) is 11.4. The monoisotopic (exact) mass is 321 g/mol. The van der Waals surface area contributed by atoms with E-state index in [0.29, 0.717) is 22.8 Å².